The molecule has 0 aliphatic carbocycles. The summed E-state index contributed by atoms with van der Waals surface area (Å²) in [6, 6.07) is 11.9. The van der Waals surface area contributed by atoms with Crippen molar-refractivity contribution in [2.45, 2.75) is 38.7 Å². The predicted molar refractivity (Wildman–Crippen MR) is 84.6 cm³/mol. The predicted octanol–water partition coefficient (Wildman–Crippen LogP) is 3.66. The fourth-order valence-electron chi connectivity index (χ4n) is 2.20. The van der Waals surface area contributed by atoms with E-state index < -0.39 is 6.10 Å². The Morgan fingerprint density at radius 2 is 1.76 bits per heavy atom. The maximum atomic E-state index is 10.3. The van der Waals surface area contributed by atoms with Crippen molar-refractivity contribution >= 4 is 0 Å². The molecule has 2 aromatic rings. The summed E-state index contributed by atoms with van der Waals surface area (Å²) in [6.07, 6.45) is 1.77. The number of aromatic nitrogens is 1. The molecule has 1 aromatic heterocycles. The quantitative estimate of drug-likeness (QED) is 0.932. The van der Waals surface area contributed by atoms with Gasteiger partial charge in [-0.15, -0.1) is 0 Å². The summed E-state index contributed by atoms with van der Waals surface area (Å²) in [5.41, 5.74) is 3.32. The third kappa shape index (κ3) is 4.05. The van der Waals surface area contributed by atoms with E-state index in [1.165, 1.54) is 5.56 Å². The Hall–Kier alpha value is -1.87. The molecule has 3 nitrogen and oxygen atoms in total. The van der Waals surface area contributed by atoms with Crippen LogP contribution in [0.5, 0.6) is 5.88 Å². The van der Waals surface area contributed by atoms with Crippen molar-refractivity contribution in [3.8, 4) is 5.88 Å². The number of hydrogen-bond acceptors (Lipinski definition) is 3. The van der Waals surface area contributed by atoms with Crippen LogP contribution in [0.2, 0.25) is 0 Å². The molecule has 0 radical (unpaired) electrons. The summed E-state index contributed by atoms with van der Waals surface area (Å²) in [7, 11) is 1.59. The lowest BCUT2D eigenvalue weighted by atomic mass is 9.86. The first-order chi connectivity index (χ1) is 9.90. The van der Waals surface area contributed by atoms with E-state index in [-0.39, 0.29) is 5.41 Å². The van der Waals surface area contributed by atoms with Gasteiger partial charge >= 0.3 is 0 Å². The Bertz CT molecular complexity index is 568. The van der Waals surface area contributed by atoms with Gasteiger partial charge in [-0.3, -0.25) is 0 Å². The Balaban J connectivity index is 2.07. The van der Waals surface area contributed by atoms with Crippen LogP contribution in [0.4, 0.5) is 0 Å². The van der Waals surface area contributed by atoms with E-state index in [1.54, 1.807) is 13.3 Å². The van der Waals surface area contributed by atoms with Crippen LogP contribution in [-0.4, -0.2) is 17.2 Å². The highest BCUT2D eigenvalue weighted by Crippen LogP contribution is 2.25. The van der Waals surface area contributed by atoms with Crippen molar-refractivity contribution < 1.29 is 9.84 Å². The summed E-state index contributed by atoms with van der Waals surface area (Å²) in [5.74, 6) is 0.586. The molecule has 0 bridgehead atoms. The Labute approximate surface area is 126 Å². The van der Waals surface area contributed by atoms with Gasteiger partial charge in [0.25, 0.3) is 0 Å². The van der Waals surface area contributed by atoms with E-state index in [1.807, 2.05) is 24.3 Å². The third-order valence-corrected chi connectivity index (χ3v) is 3.60. The molecule has 0 saturated heterocycles. The Morgan fingerprint density at radius 3 is 2.24 bits per heavy atom. The van der Waals surface area contributed by atoms with Crippen LogP contribution in [0.15, 0.2) is 42.6 Å². The monoisotopic (exact) mass is 285 g/mol. The summed E-state index contributed by atoms with van der Waals surface area (Å²) < 4.78 is 5.03. The van der Waals surface area contributed by atoms with Gasteiger partial charge in [0.15, 0.2) is 0 Å². The number of aliphatic hydroxyl groups excluding tert-OH is 1. The lowest BCUT2D eigenvalue weighted by Crippen LogP contribution is -2.11. The lowest BCUT2D eigenvalue weighted by Gasteiger charge is -2.20. The highest BCUT2D eigenvalue weighted by molar-refractivity contribution is 5.29. The molecule has 112 valence electrons. The standard InChI is InChI=1S/C18H23NO2/c1-18(2,3)15-8-6-14(7-9-15)16(20)11-13-5-10-17(21-4)19-12-13/h5-10,12,16,20H,11H2,1-4H3. The number of benzene rings is 1. The van der Waals surface area contributed by atoms with Crippen LogP contribution >= 0.6 is 0 Å². The number of methoxy groups -OCH3 is 1. The fraction of sp³-hybridized carbons (Fsp3) is 0.389. The van der Waals surface area contributed by atoms with Crippen LogP contribution in [0.3, 0.4) is 0 Å². The summed E-state index contributed by atoms with van der Waals surface area (Å²) in [4.78, 5) is 4.16. The summed E-state index contributed by atoms with van der Waals surface area (Å²) in [5, 5.41) is 10.3. The van der Waals surface area contributed by atoms with Crippen LogP contribution in [0, 0.1) is 0 Å². The van der Waals surface area contributed by atoms with Gasteiger partial charge in [-0.1, -0.05) is 51.1 Å². The van der Waals surface area contributed by atoms with Crippen LogP contribution in [-0.2, 0) is 11.8 Å². The number of rotatable bonds is 4. The second-order valence-corrected chi connectivity index (χ2v) is 6.30. The van der Waals surface area contributed by atoms with Crippen LogP contribution < -0.4 is 4.74 Å². The highest BCUT2D eigenvalue weighted by Gasteiger charge is 2.15. The number of pyridine rings is 1. The van der Waals surface area contributed by atoms with Crippen molar-refractivity contribution in [3.05, 3.63) is 59.3 Å². The molecule has 2 rings (SSSR count). The third-order valence-electron chi connectivity index (χ3n) is 3.60. The molecule has 0 amide bonds. The van der Waals surface area contributed by atoms with Crippen molar-refractivity contribution in [2.24, 2.45) is 0 Å². The molecule has 0 saturated carbocycles. The fourth-order valence-corrected chi connectivity index (χ4v) is 2.20. The molecule has 3 heteroatoms. The maximum absolute atomic E-state index is 10.3. The van der Waals surface area contributed by atoms with Crippen molar-refractivity contribution in [3.63, 3.8) is 0 Å². The first-order valence-electron chi connectivity index (χ1n) is 7.17. The molecule has 1 N–H and O–H groups in total. The zero-order valence-electron chi connectivity index (χ0n) is 13.1. The number of nitrogens with zero attached hydrogens (tertiary/aromatic N) is 1. The van der Waals surface area contributed by atoms with Crippen molar-refractivity contribution in [1.29, 1.82) is 0 Å². The van der Waals surface area contributed by atoms with Gasteiger partial charge in [-0.2, -0.15) is 0 Å². The molecular formula is C18H23NO2. The molecule has 21 heavy (non-hydrogen) atoms. The summed E-state index contributed by atoms with van der Waals surface area (Å²) >= 11 is 0. The average molecular weight is 285 g/mol. The highest BCUT2D eigenvalue weighted by atomic mass is 16.5. The summed E-state index contributed by atoms with van der Waals surface area (Å²) in [6.45, 7) is 6.55. The van der Waals surface area contributed by atoms with E-state index >= 15 is 0 Å². The van der Waals surface area contributed by atoms with Crippen molar-refractivity contribution in [2.75, 3.05) is 7.11 Å². The zero-order valence-corrected chi connectivity index (χ0v) is 13.1. The minimum Gasteiger partial charge on any atom is -0.481 e. The molecule has 0 aliphatic rings. The Morgan fingerprint density at radius 1 is 1.10 bits per heavy atom. The van der Waals surface area contributed by atoms with E-state index in [4.69, 9.17) is 4.74 Å². The number of ether oxygens (including phenoxy) is 1. The molecule has 0 fully saturated rings. The van der Waals surface area contributed by atoms with Crippen molar-refractivity contribution in [1.82, 2.24) is 4.98 Å². The zero-order chi connectivity index (χ0) is 15.5. The van der Waals surface area contributed by atoms with Gasteiger partial charge < -0.3 is 9.84 Å². The number of aliphatic hydroxyl groups is 1. The maximum Gasteiger partial charge on any atom is 0.212 e. The van der Waals surface area contributed by atoms with Gasteiger partial charge in [0.05, 0.1) is 13.2 Å². The van der Waals surface area contributed by atoms with Gasteiger partial charge in [0, 0.05) is 18.7 Å². The molecular weight excluding hydrogens is 262 g/mol. The Kier molecular flexibility index (Phi) is 4.63. The van der Waals surface area contributed by atoms with E-state index in [9.17, 15) is 5.11 Å². The largest absolute Gasteiger partial charge is 0.481 e. The topological polar surface area (TPSA) is 42.4 Å². The van der Waals surface area contributed by atoms with E-state index in [0.717, 1.165) is 11.1 Å². The first-order valence-corrected chi connectivity index (χ1v) is 7.17. The molecule has 1 heterocycles. The minimum atomic E-state index is -0.519. The molecule has 0 spiro atoms. The second kappa shape index (κ2) is 6.27. The first kappa shape index (κ1) is 15.5. The molecule has 1 unspecified atom stereocenters. The van der Waals surface area contributed by atoms with E-state index in [2.05, 4.69) is 37.9 Å². The lowest BCUT2D eigenvalue weighted by molar-refractivity contribution is 0.178. The van der Waals surface area contributed by atoms with Crippen LogP contribution in [0.25, 0.3) is 0 Å². The smallest absolute Gasteiger partial charge is 0.212 e. The van der Waals surface area contributed by atoms with Crippen LogP contribution in [0.1, 0.15) is 43.6 Å². The normalized spacial score (nSPS) is 13.0. The average Bonchev–Trinajstić information content (AvgIpc) is 2.47. The number of hydrogen-bond donors (Lipinski definition) is 1. The van der Waals surface area contributed by atoms with E-state index in [0.29, 0.717) is 12.3 Å². The molecule has 0 aliphatic heterocycles. The van der Waals surface area contributed by atoms with Gasteiger partial charge in [-0.25, -0.2) is 4.98 Å². The molecule has 1 atom stereocenters. The SMILES string of the molecule is COc1ccc(CC(O)c2ccc(C(C)(C)C)cc2)cn1. The van der Waals surface area contributed by atoms with Gasteiger partial charge in [0.1, 0.15) is 0 Å². The minimum absolute atomic E-state index is 0.128. The molecule has 1 aromatic carbocycles. The van der Waals surface area contributed by atoms with Gasteiger partial charge in [-0.05, 0) is 22.1 Å². The van der Waals surface area contributed by atoms with Gasteiger partial charge in [0.2, 0.25) is 5.88 Å². The second-order valence-electron chi connectivity index (χ2n) is 6.30.